The van der Waals surface area contributed by atoms with Gasteiger partial charge in [0.15, 0.2) is 0 Å². The monoisotopic (exact) mass is 359 g/mol. The highest BCUT2D eigenvalue weighted by Gasteiger charge is 2.26. The number of piperidine rings is 1. The van der Waals surface area contributed by atoms with E-state index in [1.54, 1.807) is 0 Å². The highest BCUT2D eigenvalue weighted by atomic mass is 16.5. The second kappa shape index (κ2) is 8.01. The summed E-state index contributed by atoms with van der Waals surface area (Å²) in [6.45, 7) is 11.2. The molecule has 2 aromatic heterocycles. The topological polar surface area (TPSA) is 84.2 Å². The Morgan fingerprint density at radius 1 is 1.27 bits per heavy atom. The molecule has 0 aromatic carbocycles. The van der Waals surface area contributed by atoms with E-state index in [0.29, 0.717) is 42.8 Å². The predicted octanol–water partition coefficient (Wildman–Crippen LogP) is 2.87. The number of nitrogens with zero attached hydrogens (tertiary/aromatic N) is 4. The summed E-state index contributed by atoms with van der Waals surface area (Å²) in [5, 5.41) is 7.87. The van der Waals surface area contributed by atoms with E-state index >= 15 is 0 Å². The number of carbonyl (C=O) groups excluding carboxylic acids is 1. The lowest BCUT2D eigenvalue weighted by Gasteiger charge is -2.36. The summed E-state index contributed by atoms with van der Waals surface area (Å²) < 4.78 is 5.42. The number of fused-ring (bicyclic) bond motifs is 1. The van der Waals surface area contributed by atoms with E-state index in [4.69, 9.17) is 9.51 Å². The lowest BCUT2D eigenvalue weighted by molar-refractivity contribution is -0.121. The molecule has 0 bridgehead atoms. The van der Waals surface area contributed by atoms with Gasteiger partial charge in [-0.15, -0.1) is 0 Å². The number of amides is 1. The van der Waals surface area contributed by atoms with Gasteiger partial charge in [0, 0.05) is 32.5 Å². The van der Waals surface area contributed by atoms with Crippen LogP contribution in [-0.4, -0.2) is 40.7 Å². The maximum absolute atomic E-state index is 11.9. The van der Waals surface area contributed by atoms with E-state index in [-0.39, 0.29) is 5.91 Å². The number of hydrogen-bond acceptors (Lipinski definition) is 6. The molecule has 1 amide bonds. The molecule has 2 aromatic rings. The first-order valence-electron chi connectivity index (χ1n) is 9.62. The molecule has 0 saturated carbocycles. The molecular weight excluding hydrogens is 330 g/mol. The third-order valence-corrected chi connectivity index (χ3v) is 4.85. The van der Waals surface area contributed by atoms with Gasteiger partial charge in [0.1, 0.15) is 17.0 Å². The normalized spacial score (nSPS) is 20.5. The third kappa shape index (κ3) is 4.14. The van der Waals surface area contributed by atoms with E-state index in [1.165, 1.54) is 6.42 Å². The van der Waals surface area contributed by atoms with Crippen molar-refractivity contribution < 1.29 is 9.32 Å². The molecular formula is C19H29N5O2. The van der Waals surface area contributed by atoms with E-state index in [0.717, 1.165) is 36.4 Å². The number of rotatable bonds is 6. The van der Waals surface area contributed by atoms with Gasteiger partial charge in [0.25, 0.3) is 5.71 Å². The number of anilines is 1. The van der Waals surface area contributed by atoms with E-state index < -0.39 is 0 Å². The fourth-order valence-electron chi connectivity index (χ4n) is 3.77. The average molecular weight is 359 g/mol. The van der Waals surface area contributed by atoms with Gasteiger partial charge in [-0.05, 0) is 31.6 Å². The fraction of sp³-hybridized carbons (Fsp3) is 0.684. The van der Waals surface area contributed by atoms with Gasteiger partial charge >= 0.3 is 0 Å². The minimum absolute atomic E-state index is 0.0334. The Morgan fingerprint density at radius 2 is 2.00 bits per heavy atom. The molecule has 0 radical (unpaired) electrons. The first kappa shape index (κ1) is 18.6. The van der Waals surface area contributed by atoms with Crippen LogP contribution in [0.2, 0.25) is 0 Å². The minimum atomic E-state index is 0.0334. The fourth-order valence-corrected chi connectivity index (χ4v) is 3.77. The van der Waals surface area contributed by atoms with Crippen LogP contribution in [0.3, 0.4) is 0 Å². The maximum Gasteiger partial charge on any atom is 0.263 e. The Labute approximate surface area is 154 Å². The van der Waals surface area contributed by atoms with Crippen LogP contribution in [0.15, 0.2) is 4.52 Å². The van der Waals surface area contributed by atoms with E-state index in [9.17, 15) is 4.79 Å². The number of hydrogen-bond donors (Lipinski definition) is 1. The molecule has 0 spiro atoms. The Morgan fingerprint density at radius 3 is 2.69 bits per heavy atom. The summed E-state index contributed by atoms with van der Waals surface area (Å²) in [5.74, 6) is 2.81. The molecule has 0 unspecified atom stereocenters. The van der Waals surface area contributed by atoms with Crippen molar-refractivity contribution in [1.82, 2.24) is 20.4 Å². The average Bonchev–Trinajstić information content (AvgIpc) is 2.97. The molecule has 1 saturated heterocycles. The van der Waals surface area contributed by atoms with Crippen molar-refractivity contribution >= 4 is 22.8 Å². The zero-order chi connectivity index (χ0) is 18.7. The molecule has 7 heteroatoms. The molecule has 26 heavy (non-hydrogen) atoms. The zero-order valence-corrected chi connectivity index (χ0v) is 16.2. The highest BCUT2D eigenvalue weighted by Crippen LogP contribution is 2.31. The number of nitrogens with one attached hydrogen (secondary N) is 1. The van der Waals surface area contributed by atoms with Crippen LogP contribution in [0.5, 0.6) is 0 Å². The summed E-state index contributed by atoms with van der Waals surface area (Å²) in [4.78, 5) is 23.5. The zero-order valence-electron chi connectivity index (χ0n) is 16.2. The molecule has 142 valence electrons. The van der Waals surface area contributed by atoms with Crippen LogP contribution in [0, 0.1) is 18.8 Å². The molecule has 7 nitrogen and oxygen atoms in total. The summed E-state index contributed by atoms with van der Waals surface area (Å²) in [7, 11) is 0. The second-order valence-corrected chi connectivity index (χ2v) is 7.61. The Balaban J connectivity index is 1.86. The van der Waals surface area contributed by atoms with Gasteiger partial charge in [0.05, 0.1) is 5.69 Å². The number of aryl methyl sites for hydroxylation is 2. The minimum Gasteiger partial charge on any atom is -0.356 e. The molecule has 1 N–H and O–H groups in total. The Bertz CT molecular complexity index is 763. The van der Waals surface area contributed by atoms with Crippen molar-refractivity contribution in [1.29, 1.82) is 0 Å². The van der Waals surface area contributed by atoms with E-state index in [1.807, 2.05) is 13.8 Å². The van der Waals surface area contributed by atoms with Gasteiger partial charge < -0.3 is 14.7 Å². The summed E-state index contributed by atoms with van der Waals surface area (Å²) in [5.41, 5.74) is 1.33. The van der Waals surface area contributed by atoms with Crippen molar-refractivity contribution in [3.63, 3.8) is 0 Å². The van der Waals surface area contributed by atoms with Crippen LogP contribution in [-0.2, 0) is 11.2 Å². The van der Waals surface area contributed by atoms with Gasteiger partial charge in [-0.1, -0.05) is 25.9 Å². The SMILES string of the molecule is CCCNC(=O)CCc1nc(N2C[C@H](C)C[C@@H](C)C2)c2c(C)noc2n1. The molecule has 3 rings (SSSR count). The van der Waals surface area contributed by atoms with Crippen molar-refractivity contribution in [2.75, 3.05) is 24.5 Å². The van der Waals surface area contributed by atoms with Gasteiger partial charge in [-0.2, -0.15) is 4.98 Å². The first-order valence-corrected chi connectivity index (χ1v) is 9.62. The number of aromatic nitrogens is 3. The van der Waals surface area contributed by atoms with Gasteiger partial charge in [-0.25, -0.2) is 4.98 Å². The predicted molar refractivity (Wildman–Crippen MR) is 101 cm³/mol. The van der Waals surface area contributed by atoms with E-state index in [2.05, 4.69) is 34.2 Å². The molecule has 0 aliphatic carbocycles. The van der Waals surface area contributed by atoms with Crippen molar-refractivity contribution in [2.45, 2.75) is 53.4 Å². The second-order valence-electron chi connectivity index (χ2n) is 7.61. The van der Waals surface area contributed by atoms with Crippen LogP contribution >= 0.6 is 0 Å². The van der Waals surface area contributed by atoms with Crippen LogP contribution in [0.25, 0.3) is 11.1 Å². The highest BCUT2D eigenvalue weighted by molar-refractivity contribution is 5.88. The molecule has 1 fully saturated rings. The first-order chi connectivity index (χ1) is 12.5. The van der Waals surface area contributed by atoms with Crippen molar-refractivity contribution in [2.24, 2.45) is 11.8 Å². The van der Waals surface area contributed by atoms with Crippen LogP contribution in [0.1, 0.15) is 51.6 Å². The standard InChI is InChI=1S/C19H29N5O2/c1-5-8-20-16(25)7-6-15-21-18(17-14(4)23-26-19(17)22-15)24-10-12(2)9-13(3)11-24/h12-13H,5-11H2,1-4H3,(H,20,25)/t12-,13-/m1/s1. The molecule has 2 atom stereocenters. The maximum atomic E-state index is 11.9. The quantitative estimate of drug-likeness (QED) is 0.854. The molecule has 3 heterocycles. The molecule has 1 aliphatic heterocycles. The summed E-state index contributed by atoms with van der Waals surface area (Å²) in [6.07, 6.45) is 3.04. The smallest absolute Gasteiger partial charge is 0.263 e. The lowest BCUT2D eigenvalue weighted by atomic mass is 9.92. The van der Waals surface area contributed by atoms with Gasteiger partial charge in [0.2, 0.25) is 5.91 Å². The third-order valence-electron chi connectivity index (χ3n) is 4.85. The Kier molecular flexibility index (Phi) is 5.74. The van der Waals surface area contributed by atoms with Crippen LogP contribution in [0.4, 0.5) is 5.82 Å². The summed E-state index contributed by atoms with van der Waals surface area (Å²) >= 11 is 0. The van der Waals surface area contributed by atoms with Gasteiger partial charge in [-0.3, -0.25) is 4.79 Å². The van der Waals surface area contributed by atoms with Crippen LogP contribution < -0.4 is 10.2 Å². The van der Waals surface area contributed by atoms with Crippen molar-refractivity contribution in [3.8, 4) is 0 Å². The lowest BCUT2D eigenvalue weighted by Crippen LogP contribution is -2.39. The molecule has 1 aliphatic rings. The summed E-state index contributed by atoms with van der Waals surface area (Å²) in [6, 6.07) is 0. The Hall–Kier alpha value is -2.18. The largest absolute Gasteiger partial charge is 0.356 e. The number of carbonyl (C=O) groups is 1. The van der Waals surface area contributed by atoms with Crippen molar-refractivity contribution in [3.05, 3.63) is 11.5 Å².